The minimum absolute atomic E-state index is 0.397. The average Bonchev–Trinajstić information content (AvgIpc) is 2.28. The fourth-order valence-electron chi connectivity index (χ4n) is 1.36. The van der Waals surface area contributed by atoms with E-state index in [-0.39, 0.29) is 0 Å². The molecule has 0 aliphatic heterocycles. The first-order valence-corrected chi connectivity index (χ1v) is 4.73. The number of carbonyl (C=O) groups is 1. The molecule has 0 saturated carbocycles. The molecule has 0 aliphatic rings. The number of anilines is 1. The summed E-state index contributed by atoms with van der Waals surface area (Å²) in [7, 11) is 2.88. The SMILES string of the molecule is CCNc1cccc(C(=O)OC)c1OC. The number of ether oxygens (including phenoxy) is 2. The first-order chi connectivity index (χ1) is 7.24. The van der Waals surface area contributed by atoms with Gasteiger partial charge in [0, 0.05) is 6.54 Å². The number of methoxy groups -OCH3 is 2. The summed E-state index contributed by atoms with van der Waals surface area (Å²) in [5.41, 5.74) is 1.22. The highest BCUT2D eigenvalue weighted by Gasteiger charge is 2.15. The smallest absolute Gasteiger partial charge is 0.341 e. The molecule has 0 saturated heterocycles. The van der Waals surface area contributed by atoms with Crippen molar-refractivity contribution >= 4 is 11.7 Å². The predicted molar refractivity (Wildman–Crippen MR) is 58.5 cm³/mol. The lowest BCUT2D eigenvalue weighted by molar-refractivity contribution is 0.0597. The van der Waals surface area contributed by atoms with E-state index >= 15 is 0 Å². The predicted octanol–water partition coefficient (Wildman–Crippen LogP) is 1.91. The Bertz CT molecular complexity index is 350. The summed E-state index contributed by atoms with van der Waals surface area (Å²) < 4.78 is 9.85. The van der Waals surface area contributed by atoms with Crippen molar-refractivity contribution in [2.24, 2.45) is 0 Å². The Morgan fingerprint density at radius 2 is 2.13 bits per heavy atom. The van der Waals surface area contributed by atoms with E-state index in [1.165, 1.54) is 14.2 Å². The molecule has 0 atom stereocenters. The van der Waals surface area contributed by atoms with Gasteiger partial charge in [0.2, 0.25) is 0 Å². The van der Waals surface area contributed by atoms with Crippen LogP contribution in [-0.2, 0) is 4.74 Å². The van der Waals surface area contributed by atoms with Gasteiger partial charge in [-0.3, -0.25) is 0 Å². The Hall–Kier alpha value is -1.71. The molecule has 1 N–H and O–H groups in total. The van der Waals surface area contributed by atoms with Gasteiger partial charge < -0.3 is 14.8 Å². The average molecular weight is 209 g/mol. The van der Waals surface area contributed by atoms with Crippen molar-refractivity contribution in [3.05, 3.63) is 23.8 Å². The van der Waals surface area contributed by atoms with Gasteiger partial charge in [-0.25, -0.2) is 4.79 Å². The second kappa shape index (κ2) is 5.24. The van der Waals surface area contributed by atoms with Crippen LogP contribution in [-0.4, -0.2) is 26.7 Å². The first kappa shape index (κ1) is 11.4. The van der Waals surface area contributed by atoms with E-state index in [0.717, 1.165) is 12.2 Å². The molecule has 0 fully saturated rings. The third-order valence-corrected chi connectivity index (χ3v) is 1.99. The third kappa shape index (κ3) is 2.40. The molecular formula is C11H15NO3. The zero-order valence-corrected chi connectivity index (χ0v) is 9.16. The molecule has 4 heteroatoms. The summed E-state index contributed by atoms with van der Waals surface area (Å²) in [6.45, 7) is 2.74. The van der Waals surface area contributed by atoms with Gasteiger partial charge in [-0.15, -0.1) is 0 Å². The Morgan fingerprint density at radius 1 is 1.40 bits per heavy atom. The van der Waals surface area contributed by atoms with E-state index < -0.39 is 5.97 Å². The number of benzene rings is 1. The quantitative estimate of drug-likeness (QED) is 0.769. The summed E-state index contributed by atoms with van der Waals surface area (Å²) in [6.07, 6.45) is 0. The Labute approximate surface area is 89.2 Å². The molecule has 0 unspecified atom stereocenters. The number of carbonyl (C=O) groups excluding carboxylic acids is 1. The van der Waals surface area contributed by atoms with Crippen LogP contribution in [0.2, 0.25) is 0 Å². The van der Waals surface area contributed by atoms with Crippen molar-refractivity contribution in [1.29, 1.82) is 0 Å². The van der Waals surface area contributed by atoms with Crippen LogP contribution in [0.3, 0.4) is 0 Å². The van der Waals surface area contributed by atoms with Crippen LogP contribution >= 0.6 is 0 Å². The molecule has 82 valence electrons. The lowest BCUT2D eigenvalue weighted by atomic mass is 10.1. The largest absolute Gasteiger partial charge is 0.494 e. The summed E-state index contributed by atoms with van der Waals surface area (Å²) in [4.78, 5) is 11.4. The zero-order valence-electron chi connectivity index (χ0n) is 9.16. The van der Waals surface area contributed by atoms with E-state index in [1.54, 1.807) is 12.1 Å². The van der Waals surface area contributed by atoms with Crippen LogP contribution in [0.1, 0.15) is 17.3 Å². The van der Waals surface area contributed by atoms with Gasteiger partial charge in [-0.05, 0) is 19.1 Å². The van der Waals surface area contributed by atoms with E-state index in [4.69, 9.17) is 4.74 Å². The molecule has 4 nitrogen and oxygen atoms in total. The monoisotopic (exact) mass is 209 g/mol. The number of hydrogen-bond donors (Lipinski definition) is 1. The Morgan fingerprint density at radius 3 is 2.67 bits per heavy atom. The maximum absolute atomic E-state index is 11.4. The van der Waals surface area contributed by atoms with Crippen molar-refractivity contribution in [2.45, 2.75) is 6.92 Å². The standard InChI is InChI=1S/C11H15NO3/c1-4-12-9-7-5-6-8(10(9)14-2)11(13)15-3/h5-7,12H,4H2,1-3H3. The Balaban J connectivity index is 3.15. The van der Waals surface area contributed by atoms with Crippen LogP contribution in [0, 0.1) is 0 Å². The Kier molecular flexibility index (Phi) is 3.97. The fourth-order valence-corrected chi connectivity index (χ4v) is 1.36. The topological polar surface area (TPSA) is 47.6 Å². The van der Waals surface area contributed by atoms with E-state index in [0.29, 0.717) is 11.3 Å². The number of hydrogen-bond acceptors (Lipinski definition) is 4. The zero-order chi connectivity index (χ0) is 11.3. The fraction of sp³-hybridized carbons (Fsp3) is 0.364. The van der Waals surface area contributed by atoms with Gasteiger partial charge in [0.1, 0.15) is 5.56 Å². The number of para-hydroxylation sites is 1. The molecule has 0 amide bonds. The highest BCUT2D eigenvalue weighted by Crippen LogP contribution is 2.28. The molecule has 15 heavy (non-hydrogen) atoms. The van der Waals surface area contributed by atoms with E-state index in [1.807, 2.05) is 13.0 Å². The van der Waals surface area contributed by atoms with Crippen LogP contribution in [0.4, 0.5) is 5.69 Å². The van der Waals surface area contributed by atoms with Gasteiger partial charge in [-0.1, -0.05) is 6.07 Å². The van der Waals surface area contributed by atoms with E-state index in [9.17, 15) is 4.79 Å². The van der Waals surface area contributed by atoms with Gasteiger partial charge in [-0.2, -0.15) is 0 Å². The maximum Gasteiger partial charge on any atom is 0.341 e. The molecule has 0 aliphatic carbocycles. The summed E-state index contributed by atoms with van der Waals surface area (Å²) in [5.74, 6) is 0.123. The lowest BCUT2D eigenvalue weighted by Crippen LogP contribution is -2.07. The molecule has 0 spiro atoms. The number of rotatable bonds is 4. The van der Waals surface area contributed by atoms with Crippen molar-refractivity contribution in [2.75, 3.05) is 26.1 Å². The maximum atomic E-state index is 11.4. The van der Waals surface area contributed by atoms with Crippen LogP contribution in [0.25, 0.3) is 0 Å². The first-order valence-electron chi connectivity index (χ1n) is 4.73. The summed E-state index contributed by atoms with van der Waals surface area (Å²) in [6, 6.07) is 5.31. The van der Waals surface area contributed by atoms with Gasteiger partial charge in [0.25, 0.3) is 0 Å². The highest BCUT2D eigenvalue weighted by molar-refractivity contribution is 5.94. The van der Waals surface area contributed by atoms with Gasteiger partial charge in [0.05, 0.1) is 19.9 Å². The second-order valence-electron chi connectivity index (χ2n) is 2.91. The minimum Gasteiger partial charge on any atom is -0.494 e. The van der Waals surface area contributed by atoms with Crippen molar-refractivity contribution < 1.29 is 14.3 Å². The molecule has 1 aromatic carbocycles. The van der Waals surface area contributed by atoms with Crippen molar-refractivity contribution in [1.82, 2.24) is 0 Å². The molecule has 1 rings (SSSR count). The molecular weight excluding hydrogens is 194 g/mol. The van der Waals surface area contributed by atoms with Crippen LogP contribution in [0.5, 0.6) is 5.75 Å². The minimum atomic E-state index is -0.397. The van der Waals surface area contributed by atoms with Crippen LogP contribution < -0.4 is 10.1 Å². The van der Waals surface area contributed by atoms with Gasteiger partial charge >= 0.3 is 5.97 Å². The molecule has 0 heterocycles. The van der Waals surface area contributed by atoms with Crippen LogP contribution in [0.15, 0.2) is 18.2 Å². The normalized spacial score (nSPS) is 9.53. The summed E-state index contributed by atoms with van der Waals surface area (Å²) >= 11 is 0. The summed E-state index contributed by atoms with van der Waals surface area (Å²) in [5, 5.41) is 3.11. The number of esters is 1. The van der Waals surface area contributed by atoms with E-state index in [2.05, 4.69) is 10.1 Å². The number of nitrogens with one attached hydrogen (secondary N) is 1. The van der Waals surface area contributed by atoms with Crippen molar-refractivity contribution in [3.63, 3.8) is 0 Å². The molecule has 1 aromatic rings. The highest BCUT2D eigenvalue weighted by atomic mass is 16.5. The van der Waals surface area contributed by atoms with Gasteiger partial charge in [0.15, 0.2) is 5.75 Å². The lowest BCUT2D eigenvalue weighted by Gasteiger charge is -2.12. The van der Waals surface area contributed by atoms with Crippen molar-refractivity contribution in [3.8, 4) is 5.75 Å². The second-order valence-corrected chi connectivity index (χ2v) is 2.91. The molecule has 0 aromatic heterocycles. The molecule has 0 radical (unpaired) electrons. The molecule has 0 bridgehead atoms. The third-order valence-electron chi connectivity index (χ3n) is 1.99.